The number of likely N-dealkylation sites (tertiary alicyclic amines) is 1. The van der Waals surface area contributed by atoms with Gasteiger partial charge in [-0.2, -0.15) is 0 Å². The van der Waals surface area contributed by atoms with Crippen molar-refractivity contribution >= 4 is 28.1 Å². The number of pyridine rings is 2. The number of aromatic amines is 1. The van der Waals surface area contributed by atoms with Gasteiger partial charge in [-0.05, 0) is 42.8 Å². The minimum atomic E-state index is -0.133. The Morgan fingerprint density at radius 1 is 1.33 bits per heavy atom. The van der Waals surface area contributed by atoms with Crippen LogP contribution in [0, 0.1) is 5.92 Å². The van der Waals surface area contributed by atoms with Gasteiger partial charge in [0.2, 0.25) is 5.91 Å². The molecule has 4 heterocycles. The highest BCUT2D eigenvalue weighted by atomic mass is 32.1. The normalized spacial score (nSPS) is 16.6. The summed E-state index contributed by atoms with van der Waals surface area (Å²) in [7, 11) is 0. The van der Waals surface area contributed by atoms with Crippen molar-refractivity contribution in [2.24, 2.45) is 5.92 Å². The van der Waals surface area contributed by atoms with Gasteiger partial charge in [0.1, 0.15) is 5.52 Å². The number of aromatic nitrogens is 2. The van der Waals surface area contributed by atoms with Gasteiger partial charge in [-0.1, -0.05) is 19.1 Å². The number of hydrogen-bond acceptors (Lipinski definition) is 4. The number of amides is 1. The molecule has 0 bridgehead atoms. The summed E-state index contributed by atoms with van der Waals surface area (Å²) in [6, 6.07) is 9.92. The van der Waals surface area contributed by atoms with Crippen LogP contribution in [0.1, 0.15) is 36.3 Å². The first-order chi connectivity index (χ1) is 13.1. The highest BCUT2D eigenvalue weighted by Gasteiger charge is 2.27. The third-order valence-electron chi connectivity index (χ3n) is 5.38. The van der Waals surface area contributed by atoms with Crippen LogP contribution >= 0.6 is 11.3 Å². The molecule has 0 spiro atoms. The largest absolute Gasteiger partial charge is 0.342 e. The summed E-state index contributed by atoms with van der Waals surface area (Å²) in [6.45, 7) is 3.50. The third kappa shape index (κ3) is 3.81. The van der Waals surface area contributed by atoms with Crippen LogP contribution in [0.5, 0.6) is 0 Å². The van der Waals surface area contributed by atoms with Gasteiger partial charge in [0.15, 0.2) is 0 Å². The molecule has 5 nitrogen and oxygen atoms in total. The van der Waals surface area contributed by atoms with E-state index in [1.54, 1.807) is 17.5 Å². The predicted octanol–water partition coefficient (Wildman–Crippen LogP) is 3.57. The van der Waals surface area contributed by atoms with Crippen LogP contribution in [0.25, 0.3) is 10.9 Å². The molecule has 0 aromatic carbocycles. The van der Waals surface area contributed by atoms with E-state index < -0.39 is 0 Å². The molecule has 0 aliphatic carbocycles. The van der Waals surface area contributed by atoms with E-state index in [4.69, 9.17) is 0 Å². The summed E-state index contributed by atoms with van der Waals surface area (Å²) in [4.78, 5) is 35.4. The minimum Gasteiger partial charge on any atom is -0.342 e. The number of rotatable bonds is 4. The van der Waals surface area contributed by atoms with E-state index in [0.29, 0.717) is 5.52 Å². The first kappa shape index (κ1) is 17.9. The number of nitrogens with one attached hydrogen (secondary N) is 1. The second kappa shape index (κ2) is 7.64. The van der Waals surface area contributed by atoms with Crippen molar-refractivity contribution in [1.82, 2.24) is 14.9 Å². The van der Waals surface area contributed by atoms with E-state index in [1.807, 2.05) is 36.1 Å². The lowest BCUT2D eigenvalue weighted by molar-refractivity contribution is -0.136. The number of thiophene rings is 1. The standard InChI is InChI=1S/C21H23N3O2S/c1-14(12-17-5-3-11-27-17)21(26)24-9-6-15(7-10-24)18-13-16-4-2-8-22-19(16)20(25)23-18/h2-5,8,11,13-15H,6-7,9-10,12H2,1H3,(H,23,25)/t14-/m0/s1. The zero-order valence-corrected chi connectivity index (χ0v) is 16.2. The SMILES string of the molecule is C[C@@H](Cc1cccs1)C(=O)N1CCC(c2cc3cccnc3c(=O)[nH]2)CC1. The van der Waals surface area contributed by atoms with Crippen molar-refractivity contribution in [3.8, 4) is 0 Å². The van der Waals surface area contributed by atoms with Crippen LogP contribution in [0.2, 0.25) is 0 Å². The number of carbonyl (C=O) groups is 1. The third-order valence-corrected chi connectivity index (χ3v) is 6.28. The van der Waals surface area contributed by atoms with Crippen LogP contribution in [0.3, 0.4) is 0 Å². The van der Waals surface area contributed by atoms with E-state index in [-0.39, 0.29) is 23.3 Å². The van der Waals surface area contributed by atoms with E-state index in [1.165, 1.54) is 4.88 Å². The number of nitrogens with zero attached hydrogens (tertiary/aromatic N) is 2. The Bertz CT molecular complexity index is 988. The summed E-state index contributed by atoms with van der Waals surface area (Å²) in [5.41, 5.74) is 1.31. The lowest BCUT2D eigenvalue weighted by Crippen LogP contribution is -2.41. The molecule has 1 aliphatic rings. The summed E-state index contributed by atoms with van der Waals surface area (Å²) >= 11 is 1.71. The quantitative estimate of drug-likeness (QED) is 0.751. The van der Waals surface area contributed by atoms with Crippen molar-refractivity contribution in [2.75, 3.05) is 13.1 Å². The van der Waals surface area contributed by atoms with E-state index in [9.17, 15) is 9.59 Å². The van der Waals surface area contributed by atoms with Gasteiger partial charge in [-0.3, -0.25) is 14.6 Å². The number of hydrogen-bond donors (Lipinski definition) is 1. The van der Waals surface area contributed by atoms with Gasteiger partial charge < -0.3 is 9.88 Å². The fourth-order valence-corrected chi connectivity index (χ4v) is 4.71. The van der Waals surface area contributed by atoms with E-state index >= 15 is 0 Å². The summed E-state index contributed by atoms with van der Waals surface area (Å²) in [6.07, 6.45) is 4.19. The number of fused-ring (bicyclic) bond motifs is 1. The molecule has 1 fully saturated rings. The molecule has 0 unspecified atom stereocenters. The topological polar surface area (TPSA) is 66.1 Å². The molecule has 6 heteroatoms. The van der Waals surface area contributed by atoms with Crippen molar-refractivity contribution in [2.45, 2.75) is 32.1 Å². The molecule has 0 saturated carbocycles. The van der Waals surface area contributed by atoms with Crippen LogP contribution in [-0.4, -0.2) is 33.9 Å². The molecule has 1 aliphatic heterocycles. The van der Waals surface area contributed by atoms with Crippen molar-refractivity contribution in [3.63, 3.8) is 0 Å². The molecule has 1 atom stereocenters. The Labute approximate surface area is 162 Å². The second-order valence-electron chi connectivity index (χ2n) is 7.28. The zero-order chi connectivity index (χ0) is 18.8. The molecular formula is C21H23N3O2S. The Hall–Kier alpha value is -2.47. The average molecular weight is 382 g/mol. The van der Waals surface area contributed by atoms with E-state index in [0.717, 1.165) is 43.4 Å². The van der Waals surface area contributed by atoms with Gasteiger partial charge in [0.05, 0.1) is 0 Å². The summed E-state index contributed by atoms with van der Waals surface area (Å²) < 4.78 is 0. The molecule has 27 heavy (non-hydrogen) atoms. The van der Waals surface area contributed by atoms with Gasteiger partial charge in [-0.15, -0.1) is 11.3 Å². The first-order valence-corrected chi connectivity index (χ1v) is 10.3. The maximum atomic E-state index is 12.8. The minimum absolute atomic E-state index is 0.00625. The number of carbonyl (C=O) groups excluding carboxylic acids is 1. The molecule has 3 aromatic heterocycles. The monoisotopic (exact) mass is 381 g/mol. The molecule has 1 amide bonds. The van der Waals surface area contributed by atoms with Crippen molar-refractivity contribution in [3.05, 3.63) is 62.8 Å². The molecular weight excluding hydrogens is 358 g/mol. The van der Waals surface area contributed by atoms with Crippen LogP contribution in [-0.2, 0) is 11.2 Å². The summed E-state index contributed by atoms with van der Waals surface area (Å²) in [5.74, 6) is 0.517. The second-order valence-corrected chi connectivity index (χ2v) is 8.31. The predicted molar refractivity (Wildman–Crippen MR) is 108 cm³/mol. The Balaban J connectivity index is 1.41. The lowest BCUT2D eigenvalue weighted by atomic mass is 9.91. The summed E-state index contributed by atoms with van der Waals surface area (Å²) in [5, 5.41) is 2.93. The number of H-pyrrole nitrogens is 1. The maximum absolute atomic E-state index is 12.8. The molecule has 140 valence electrons. The zero-order valence-electron chi connectivity index (χ0n) is 15.4. The fourth-order valence-electron chi connectivity index (χ4n) is 3.88. The van der Waals surface area contributed by atoms with Crippen LogP contribution in [0.15, 0.2) is 46.7 Å². The van der Waals surface area contributed by atoms with Crippen LogP contribution < -0.4 is 5.56 Å². The lowest BCUT2D eigenvalue weighted by Gasteiger charge is -2.33. The Morgan fingerprint density at radius 3 is 2.89 bits per heavy atom. The van der Waals surface area contributed by atoms with Gasteiger partial charge in [0, 0.05) is 47.1 Å². The van der Waals surface area contributed by atoms with Crippen molar-refractivity contribution < 1.29 is 4.79 Å². The Kier molecular flexibility index (Phi) is 5.07. The van der Waals surface area contributed by atoms with Gasteiger partial charge in [0.25, 0.3) is 5.56 Å². The highest BCUT2D eigenvalue weighted by molar-refractivity contribution is 7.09. The molecule has 1 N–H and O–H groups in total. The molecule has 1 saturated heterocycles. The van der Waals surface area contributed by atoms with Gasteiger partial charge in [-0.25, -0.2) is 0 Å². The molecule has 3 aromatic rings. The van der Waals surface area contributed by atoms with Crippen molar-refractivity contribution in [1.29, 1.82) is 0 Å². The first-order valence-electron chi connectivity index (χ1n) is 9.41. The maximum Gasteiger partial charge on any atom is 0.274 e. The highest BCUT2D eigenvalue weighted by Crippen LogP contribution is 2.28. The smallest absolute Gasteiger partial charge is 0.274 e. The fraction of sp³-hybridized carbons (Fsp3) is 0.381. The Morgan fingerprint density at radius 2 is 2.15 bits per heavy atom. The average Bonchev–Trinajstić information content (AvgIpc) is 3.20. The van der Waals surface area contributed by atoms with E-state index in [2.05, 4.69) is 21.4 Å². The molecule has 0 radical (unpaired) electrons. The number of piperidine rings is 1. The molecule has 4 rings (SSSR count). The van der Waals surface area contributed by atoms with Crippen LogP contribution in [0.4, 0.5) is 0 Å². The van der Waals surface area contributed by atoms with Gasteiger partial charge >= 0.3 is 0 Å².